The van der Waals surface area contributed by atoms with Gasteiger partial charge in [0.15, 0.2) is 0 Å². The average molecular weight is 304 g/mol. The van der Waals surface area contributed by atoms with Crippen molar-refractivity contribution >= 4 is 11.8 Å². The molecule has 0 radical (unpaired) electrons. The van der Waals surface area contributed by atoms with Crippen LogP contribution in [0.2, 0.25) is 0 Å². The van der Waals surface area contributed by atoms with Crippen molar-refractivity contribution in [2.45, 2.75) is 58.2 Å². The van der Waals surface area contributed by atoms with Crippen molar-refractivity contribution in [2.75, 3.05) is 6.54 Å². The lowest BCUT2D eigenvalue weighted by Gasteiger charge is -2.32. The predicted octanol–water partition coefficient (Wildman–Crippen LogP) is 0.961. The van der Waals surface area contributed by atoms with Gasteiger partial charge in [0, 0.05) is 44.4 Å². The van der Waals surface area contributed by atoms with Crippen LogP contribution in [0.1, 0.15) is 38.9 Å². The topological polar surface area (TPSA) is 67.2 Å². The first-order chi connectivity index (χ1) is 10.6. The molecule has 0 bridgehead atoms. The van der Waals surface area contributed by atoms with Crippen molar-refractivity contribution in [3.05, 3.63) is 18.2 Å². The summed E-state index contributed by atoms with van der Waals surface area (Å²) in [5, 5.41) is 3.15. The van der Waals surface area contributed by atoms with Crippen LogP contribution in [0.4, 0.5) is 0 Å². The number of aromatic nitrogens is 2. The van der Waals surface area contributed by atoms with Gasteiger partial charge in [-0.25, -0.2) is 4.98 Å². The van der Waals surface area contributed by atoms with E-state index in [1.165, 1.54) is 0 Å². The van der Waals surface area contributed by atoms with Gasteiger partial charge in [-0.15, -0.1) is 0 Å². The SMILES string of the molecule is CC(C)[C@@H](C(=O)N[C@H]1CCc2nccn2C1)N1CCCC1=O. The Bertz CT molecular complexity index is 566. The molecule has 0 aromatic carbocycles. The number of nitrogens with zero attached hydrogens (tertiary/aromatic N) is 3. The molecule has 1 aromatic heterocycles. The number of carbonyl (C=O) groups is 2. The van der Waals surface area contributed by atoms with Crippen molar-refractivity contribution in [3.63, 3.8) is 0 Å². The molecular weight excluding hydrogens is 280 g/mol. The van der Waals surface area contributed by atoms with Gasteiger partial charge in [0.1, 0.15) is 11.9 Å². The Morgan fingerprint density at radius 1 is 1.41 bits per heavy atom. The molecule has 1 N–H and O–H groups in total. The molecule has 3 heterocycles. The van der Waals surface area contributed by atoms with E-state index >= 15 is 0 Å². The van der Waals surface area contributed by atoms with Gasteiger partial charge in [0.2, 0.25) is 11.8 Å². The zero-order valence-corrected chi connectivity index (χ0v) is 13.3. The minimum Gasteiger partial charge on any atom is -0.350 e. The molecule has 2 aliphatic heterocycles. The Kier molecular flexibility index (Phi) is 4.18. The third-order valence-corrected chi connectivity index (χ3v) is 4.63. The van der Waals surface area contributed by atoms with Crippen LogP contribution in [0, 0.1) is 5.92 Å². The molecule has 0 saturated carbocycles. The second-order valence-corrected chi connectivity index (χ2v) is 6.62. The van der Waals surface area contributed by atoms with Crippen molar-refractivity contribution in [3.8, 4) is 0 Å². The number of hydrogen-bond donors (Lipinski definition) is 1. The lowest BCUT2D eigenvalue weighted by molar-refractivity contribution is -0.139. The molecule has 6 nitrogen and oxygen atoms in total. The van der Waals surface area contributed by atoms with Crippen molar-refractivity contribution < 1.29 is 9.59 Å². The van der Waals surface area contributed by atoms with E-state index in [0.717, 1.165) is 31.6 Å². The number of fused-ring (bicyclic) bond motifs is 1. The highest BCUT2D eigenvalue weighted by Gasteiger charge is 2.36. The third-order valence-electron chi connectivity index (χ3n) is 4.63. The van der Waals surface area contributed by atoms with Gasteiger partial charge in [-0.3, -0.25) is 9.59 Å². The Hall–Kier alpha value is -1.85. The molecule has 6 heteroatoms. The summed E-state index contributed by atoms with van der Waals surface area (Å²) in [5.74, 6) is 1.29. The first kappa shape index (κ1) is 15.1. The first-order valence-electron chi connectivity index (χ1n) is 8.16. The van der Waals surface area contributed by atoms with Crippen LogP contribution >= 0.6 is 0 Å². The van der Waals surface area contributed by atoms with E-state index in [-0.39, 0.29) is 29.8 Å². The summed E-state index contributed by atoms with van der Waals surface area (Å²) in [6, 6.07) is -0.229. The van der Waals surface area contributed by atoms with Crippen LogP contribution in [0.25, 0.3) is 0 Å². The lowest BCUT2D eigenvalue weighted by atomic mass is 10.00. The van der Waals surface area contributed by atoms with E-state index in [1.54, 1.807) is 11.1 Å². The van der Waals surface area contributed by atoms with Gasteiger partial charge in [-0.1, -0.05) is 13.8 Å². The van der Waals surface area contributed by atoms with E-state index in [0.29, 0.717) is 13.0 Å². The third kappa shape index (κ3) is 2.87. The molecule has 120 valence electrons. The second-order valence-electron chi connectivity index (χ2n) is 6.62. The number of likely N-dealkylation sites (tertiary alicyclic amines) is 1. The number of nitrogens with one attached hydrogen (secondary N) is 1. The minimum absolute atomic E-state index is 0.0150. The average Bonchev–Trinajstić information content (AvgIpc) is 3.08. The summed E-state index contributed by atoms with van der Waals surface area (Å²) < 4.78 is 2.10. The maximum Gasteiger partial charge on any atom is 0.243 e. The largest absolute Gasteiger partial charge is 0.350 e. The van der Waals surface area contributed by atoms with E-state index in [1.807, 2.05) is 20.0 Å². The zero-order chi connectivity index (χ0) is 15.7. The monoisotopic (exact) mass is 304 g/mol. The van der Waals surface area contributed by atoms with E-state index in [9.17, 15) is 9.59 Å². The van der Waals surface area contributed by atoms with Gasteiger partial charge >= 0.3 is 0 Å². The fourth-order valence-electron chi connectivity index (χ4n) is 3.54. The Morgan fingerprint density at radius 3 is 2.91 bits per heavy atom. The summed E-state index contributed by atoms with van der Waals surface area (Å²) in [6.45, 7) is 5.47. The predicted molar refractivity (Wildman–Crippen MR) is 82.1 cm³/mol. The number of imidazole rings is 1. The molecule has 22 heavy (non-hydrogen) atoms. The summed E-state index contributed by atoms with van der Waals surface area (Å²) in [7, 11) is 0. The van der Waals surface area contributed by atoms with Crippen molar-refractivity contribution in [1.29, 1.82) is 0 Å². The molecule has 1 fully saturated rings. The van der Waals surface area contributed by atoms with Crippen LogP contribution in [-0.4, -0.2) is 44.9 Å². The molecule has 2 amide bonds. The van der Waals surface area contributed by atoms with Crippen molar-refractivity contribution in [1.82, 2.24) is 19.8 Å². The second kappa shape index (κ2) is 6.10. The summed E-state index contributed by atoms with van der Waals surface area (Å²) in [6.07, 6.45) is 6.97. The molecule has 0 unspecified atom stereocenters. The van der Waals surface area contributed by atoms with Gasteiger partial charge in [-0.2, -0.15) is 0 Å². The highest BCUT2D eigenvalue weighted by atomic mass is 16.2. The maximum atomic E-state index is 12.7. The molecule has 0 aliphatic carbocycles. The molecular formula is C16H24N4O2. The van der Waals surface area contributed by atoms with Gasteiger partial charge < -0.3 is 14.8 Å². The number of amides is 2. The number of hydrogen-bond acceptors (Lipinski definition) is 3. The highest BCUT2D eigenvalue weighted by molar-refractivity contribution is 5.89. The fraction of sp³-hybridized carbons (Fsp3) is 0.688. The normalized spacial score (nSPS) is 22.8. The van der Waals surface area contributed by atoms with Crippen LogP contribution in [0.3, 0.4) is 0 Å². The van der Waals surface area contributed by atoms with Crippen molar-refractivity contribution in [2.24, 2.45) is 5.92 Å². The number of rotatable bonds is 4. The summed E-state index contributed by atoms with van der Waals surface area (Å²) in [5.41, 5.74) is 0. The molecule has 1 aromatic rings. The maximum absolute atomic E-state index is 12.7. The quantitative estimate of drug-likeness (QED) is 0.901. The lowest BCUT2D eigenvalue weighted by Crippen LogP contribution is -2.53. The standard InChI is InChI=1S/C16H24N4O2/c1-11(2)15(20-8-3-4-14(20)21)16(22)18-12-5-6-13-17-7-9-19(13)10-12/h7,9,11-12,15H,3-6,8,10H2,1-2H3,(H,18,22)/t12-,15-/m0/s1. The van der Waals surface area contributed by atoms with Crippen LogP contribution in [-0.2, 0) is 22.6 Å². The fourth-order valence-corrected chi connectivity index (χ4v) is 3.54. The van der Waals surface area contributed by atoms with Gasteiger partial charge in [0.05, 0.1) is 0 Å². The zero-order valence-electron chi connectivity index (χ0n) is 13.3. The smallest absolute Gasteiger partial charge is 0.243 e. The highest BCUT2D eigenvalue weighted by Crippen LogP contribution is 2.20. The molecule has 3 rings (SSSR count). The minimum atomic E-state index is -0.348. The van der Waals surface area contributed by atoms with Gasteiger partial charge in [0.25, 0.3) is 0 Å². The molecule has 2 atom stereocenters. The van der Waals surface area contributed by atoms with E-state index in [2.05, 4.69) is 14.9 Å². The van der Waals surface area contributed by atoms with Crippen LogP contribution < -0.4 is 5.32 Å². The molecule has 2 aliphatic rings. The molecule has 0 spiro atoms. The van der Waals surface area contributed by atoms with E-state index in [4.69, 9.17) is 0 Å². The first-order valence-corrected chi connectivity index (χ1v) is 8.16. The number of carbonyl (C=O) groups excluding carboxylic acids is 2. The van der Waals surface area contributed by atoms with E-state index < -0.39 is 0 Å². The number of aryl methyl sites for hydroxylation is 1. The Morgan fingerprint density at radius 2 is 2.23 bits per heavy atom. The summed E-state index contributed by atoms with van der Waals surface area (Å²) >= 11 is 0. The summed E-state index contributed by atoms with van der Waals surface area (Å²) in [4.78, 5) is 30.7. The Balaban J connectivity index is 1.66. The van der Waals surface area contributed by atoms with Crippen LogP contribution in [0.15, 0.2) is 12.4 Å². The molecule has 1 saturated heterocycles. The van der Waals surface area contributed by atoms with Crippen LogP contribution in [0.5, 0.6) is 0 Å². The Labute approximate surface area is 130 Å². The van der Waals surface area contributed by atoms with Gasteiger partial charge in [-0.05, 0) is 18.8 Å².